The van der Waals surface area contributed by atoms with Crippen LogP contribution >= 0.6 is 12.2 Å². The maximum absolute atomic E-state index is 11.2. The lowest BCUT2D eigenvalue weighted by Crippen LogP contribution is -2.39. The molecule has 0 saturated carbocycles. The zero-order valence-electron chi connectivity index (χ0n) is 20.6. The van der Waals surface area contributed by atoms with Crippen LogP contribution in [-0.2, 0) is 19.5 Å². The number of aromatic nitrogens is 1. The Morgan fingerprint density at radius 1 is 1.03 bits per heavy atom. The highest BCUT2D eigenvalue weighted by Gasteiger charge is 2.24. The van der Waals surface area contributed by atoms with Gasteiger partial charge in [-0.05, 0) is 60.5 Å². The molecule has 7 heteroatoms. The van der Waals surface area contributed by atoms with Gasteiger partial charge in [-0.2, -0.15) is 0 Å². The standard InChI is InChI=1S/C27H35N5OS/c1-5-20-10-9-11-21(6-2)24(20)28-27(34)30-29-25-22-12-7-8-13-23(22)32(26(25)33)17-31-15-18(3)14-19(4)16-31/h7-13,18-19,33H,5-6,14-17H2,1-4H3,(H,28,34)/t18-,19-/m1/s1. The Kier molecular flexibility index (Phi) is 7.63. The van der Waals surface area contributed by atoms with Crippen molar-refractivity contribution >= 4 is 39.6 Å². The maximum atomic E-state index is 11.2. The van der Waals surface area contributed by atoms with Gasteiger partial charge in [0.05, 0.1) is 12.2 Å². The van der Waals surface area contributed by atoms with Crippen molar-refractivity contribution in [3.8, 4) is 5.88 Å². The predicted molar refractivity (Wildman–Crippen MR) is 144 cm³/mol. The van der Waals surface area contributed by atoms with Crippen molar-refractivity contribution in [2.45, 2.75) is 53.6 Å². The number of likely N-dealkylation sites (tertiary alicyclic amines) is 1. The summed E-state index contributed by atoms with van der Waals surface area (Å²) in [6.07, 6.45) is 3.05. The number of para-hydroxylation sites is 2. The Hall–Kier alpha value is -2.77. The summed E-state index contributed by atoms with van der Waals surface area (Å²) in [6.45, 7) is 11.5. The molecule has 0 spiro atoms. The molecule has 3 aromatic rings. The average Bonchev–Trinajstić information content (AvgIpc) is 3.08. The van der Waals surface area contributed by atoms with E-state index >= 15 is 0 Å². The minimum atomic E-state index is 0.127. The lowest BCUT2D eigenvalue weighted by Gasteiger charge is -2.35. The van der Waals surface area contributed by atoms with E-state index in [9.17, 15) is 5.11 Å². The number of piperidine rings is 1. The van der Waals surface area contributed by atoms with Crippen LogP contribution in [0.15, 0.2) is 52.7 Å². The van der Waals surface area contributed by atoms with Crippen molar-refractivity contribution in [1.82, 2.24) is 9.47 Å². The van der Waals surface area contributed by atoms with Crippen LogP contribution < -0.4 is 5.32 Å². The van der Waals surface area contributed by atoms with Crippen LogP contribution in [0.5, 0.6) is 5.88 Å². The Bertz CT molecular complexity index is 1170. The summed E-state index contributed by atoms with van der Waals surface area (Å²) in [7, 11) is 0. The van der Waals surface area contributed by atoms with E-state index in [0.29, 0.717) is 24.2 Å². The summed E-state index contributed by atoms with van der Waals surface area (Å²) in [5.74, 6) is 1.42. The molecule has 2 heterocycles. The van der Waals surface area contributed by atoms with Gasteiger partial charge in [0, 0.05) is 24.2 Å². The molecule has 6 nitrogen and oxygen atoms in total. The van der Waals surface area contributed by atoms with E-state index in [1.807, 2.05) is 28.8 Å². The van der Waals surface area contributed by atoms with Gasteiger partial charge < -0.3 is 10.4 Å². The molecule has 2 atom stereocenters. The molecule has 1 aliphatic heterocycles. The van der Waals surface area contributed by atoms with Gasteiger partial charge in [0.15, 0.2) is 5.69 Å². The quantitative estimate of drug-likeness (QED) is 0.300. The van der Waals surface area contributed by atoms with Crippen LogP contribution in [0.25, 0.3) is 10.9 Å². The summed E-state index contributed by atoms with van der Waals surface area (Å²) in [4.78, 5) is 2.41. The van der Waals surface area contributed by atoms with Crippen LogP contribution in [0.4, 0.5) is 11.4 Å². The Morgan fingerprint density at radius 2 is 1.68 bits per heavy atom. The van der Waals surface area contributed by atoms with E-state index in [1.165, 1.54) is 17.5 Å². The number of hydrogen-bond donors (Lipinski definition) is 2. The van der Waals surface area contributed by atoms with Crippen molar-refractivity contribution in [3.05, 3.63) is 53.6 Å². The molecule has 1 aromatic heterocycles. The number of aryl methyl sites for hydroxylation is 2. The Balaban J connectivity index is 1.60. The van der Waals surface area contributed by atoms with Gasteiger partial charge in [-0.25, -0.2) is 0 Å². The molecule has 0 aliphatic carbocycles. The fourth-order valence-electron chi connectivity index (χ4n) is 5.25. The first-order valence-electron chi connectivity index (χ1n) is 12.3. The van der Waals surface area contributed by atoms with E-state index in [4.69, 9.17) is 12.2 Å². The third-order valence-electron chi connectivity index (χ3n) is 6.67. The van der Waals surface area contributed by atoms with Gasteiger partial charge in [-0.3, -0.25) is 9.47 Å². The smallest absolute Gasteiger partial charge is 0.221 e. The van der Waals surface area contributed by atoms with E-state index < -0.39 is 0 Å². The van der Waals surface area contributed by atoms with Crippen LogP contribution in [-0.4, -0.2) is 32.8 Å². The molecular weight excluding hydrogens is 442 g/mol. The van der Waals surface area contributed by atoms with E-state index in [0.717, 1.165) is 42.5 Å². The molecule has 1 fully saturated rings. The number of anilines is 1. The summed E-state index contributed by atoms with van der Waals surface area (Å²) in [6, 6.07) is 14.2. The van der Waals surface area contributed by atoms with Crippen molar-refractivity contribution in [2.24, 2.45) is 22.1 Å². The van der Waals surface area contributed by atoms with E-state index in [2.05, 4.69) is 66.3 Å². The summed E-state index contributed by atoms with van der Waals surface area (Å²) >= 11 is 5.51. The number of nitrogens with zero attached hydrogens (tertiary/aromatic N) is 4. The first-order valence-corrected chi connectivity index (χ1v) is 12.7. The zero-order chi connectivity index (χ0) is 24.2. The first kappa shape index (κ1) is 24.4. The highest BCUT2D eigenvalue weighted by atomic mass is 32.1. The number of fused-ring (bicyclic) bond motifs is 1. The van der Waals surface area contributed by atoms with Gasteiger partial charge >= 0.3 is 0 Å². The second-order valence-corrected chi connectivity index (χ2v) is 9.92. The molecule has 0 unspecified atom stereocenters. The number of rotatable bonds is 6. The average molecular weight is 478 g/mol. The molecule has 0 amide bonds. The van der Waals surface area contributed by atoms with Crippen molar-refractivity contribution in [2.75, 3.05) is 18.4 Å². The minimum Gasteiger partial charge on any atom is -0.493 e. The second kappa shape index (κ2) is 10.7. The summed E-state index contributed by atoms with van der Waals surface area (Å²) in [5.41, 5.74) is 4.81. The number of benzene rings is 2. The Labute approximate surface area is 207 Å². The molecule has 180 valence electrons. The monoisotopic (exact) mass is 477 g/mol. The topological polar surface area (TPSA) is 65.2 Å². The highest BCUT2D eigenvalue weighted by molar-refractivity contribution is 7.80. The van der Waals surface area contributed by atoms with Gasteiger partial charge in [-0.15, -0.1) is 10.2 Å². The first-order chi connectivity index (χ1) is 16.4. The largest absolute Gasteiger partial charge is 0.493 e. The third-order valence-corrected chi connectivity index (χ3v) is 6.86. The SMILES string of the molecule is CCc1cccc(CC)c1NC(=S)N=Nc1c(O)n(CN2C[C@H](C)C[C@@H](C)C2)c2ccccc12. The number of aromatic hydroxyl groups is 1. The van der Waals surface area contributed by atoms with Crippen molar-refractivity contribution in [3.63, 3.8) is 0 Å². The molecule has 4 rings (SSSR count). The number of hydrogen-bond acceptors (Lipinski definition) is 4. The summed E-state index contributed by atoms with van der Waals surface area (Å²) < 4.78 is 1.94. The molecule has 2 N–H and O–H groups in total. The van der Waals surface area contributed by atoms with Gasteiger partial charge in [0.25, 0.3) is 0 Å². The van der Waals surface area contributed by atoms with Crippen LogP contribution in [0.3, 0.4) is 0 Å². The van der Waals surface area contributed by atoms with Crippen molar-refractivity contribution < 1.29 is 5.11 Å². The highest BCUT2D eigenvalue weighted by Crippen LogP contribution is 2.39. The van der Waals surface area contributed by atoms with Gasteiger partial charge in [0.1, 0.15) is 0 Å². The molecule has 2 aromatic carbocycles. The second-order valence-electron chi connectivity index (χ2n) is 9.53. The minimum absolute atomic E-state index is 0.127. The third kappa shape index (κ3) is 5.15. The normalized spacial score (nSPS) is 19.2. The van der Waals surface area contributed by atoms with Gasteiger partial charge in [0.2, 0.25) is 11.0 Å². The molecule has 0 bridgehead atoms. The summed E-state index contributed by atoms with van der Waals surface area (Å²) in [5, 5.41) is 24.3. The van der Waals surface area contributed by atoms with E-state index in [1.54, 1.807) is 0 Å². The van der Waals surface area contributed by atoms with Crippen LogP contribution in [0.1, 0.15) is 45.2 Å². The zero-order valence-corrected chi connectivity index (χ0v) is 21.4. The number of nitrogens with one attached hydrogen (secondary N) is 1. The van der Waals surface area contributed by atoms with Crippen LogP contribution in [0, 0.1) is 11.8 Å². The lowest BCUT2D eigenvalue weighted by molar-refractivity contribution is 0.108. The number of thiocarbonyl (C=S) groups is 1. The predicted octanol–water partition coefficient (Wildman–Crippen LogP) is 6.89. The maximum Gasteiger partial charge on any atom is 0.221 e. The van der Waals surface area contributed by atoms with Crippen LogP contribution in [0.2, 0.25) is 0 Å². The fourth-order valence-corrected chi connectivity index (χ4v) is 5.39. The Morgan fingerprint density at radius 3 is 2.32 bits per heavy atom. The van der Waals surface area contributed by atoms with Crippen molar-refractivity contribution in [1.29, 1.82) is 0 Å². The molecule has 34 heavy (non-hydrogen) atoms. The molecule has 1 aliphatic rings. The molecule has 0 radical (unpaired) electrons. The lowest BCUT2D eigenvalue weighted by atomic mass is 9.92. The van der Waals surface area contributed by atoms with E-state index in [-0.39, 0.29) is 11.0 Å². The molecular formula is C27H35N5OS. The fraction of sp³-hybridized carbons (Fsp3) is 0.444. The molecule has 1 saturated heterocycles. The number of azo groups is 1. The van der Waals surface area contributed by atoms with Gasteiger partial charge in [-0.1, -0.05) is 64.1 Å².